The lowest BCUT2D eigenvalue weighted by molar-refractivity contribution is 0.104. The summed E-state index contributed by atoms with van der Waals surface area (Å²) < 4.78 is 0. The number of aryl methyl sites for hydroxylation is 1. The van der Waals surface area contributed by atoms with Gasteiger partial charge in [-0.15, -0.1) is 11.3 Å². The van der Waals surface area contributed by atoms with E-state index < -0.39 is 0 Å². The summed E-state index contributed by atoms with van der Waals surface area (Å²) in [5.74, 6) is -0.0671. The number of ketones is 1. The number of pyridine rings is 1. The fraction of sp³-hybridized carbons (Fsp3) is 0.0909. The lowest BCUT2D eigenvalue weighted by atomic mass is 10.1. The fourth-order valence-corrected chi connectivity index (χ4v) is 2.29. The quantitative estimate of drug-likeness (QED) is 0.750. The first-order valence-electron chi connectivity index (χ1n) is 4.39. The molecule has 0 bridgehead atoms. The first-order chi connectivity index (χ1) is 7.18. The normalized spacial score (nSPS) is 10.3. The maximum atomic E-state index is 11.9. The lowest BCUT2D eigenvalue weighted by Gasteiger charge is -1.98. The minimum absolute atomic E-state index is 0.0671. The average molecular weight is 238 g/mol. The Balaban J connectivity index is 2.37. The predicted molar refractivity (Wildman–Crippen MR) is 61.7 cm³/mol. The van der Waals surface area contributed by atoms with Crippen LogP contribution >= 0.6 is 22.9 Å². The van der Waals surface area contributed by atoms with E-state index in [4.69, 9.17) is 11.6 Å². The maximum absolute atomic E-state index is 11.9. The van der Waals surface area contributed by atoms with Gasteiger partial charge in [0.15, 0.2) is 0 Å². The second-order valence-corrected chi connectivity index (χ2v) is 4.44. The van der Waals surface area contributed by atoms with E-state index in [1.54, 1.807) is 23.7 Å². The average Bonchev–Trinajstić information content (AvgIpc) is 2.65. The van der Waals surface area contributed by atoms with Gasteiger partial charge in [0.1, 0.15) is 0 Å². The first-order valence-corrected chi connectivity index (χ1v) is 5.64. The van der Waals surface area contributed by atoms with Crippen LogP contribution in [0.4, 0.5) is 0 Å². The second-order valence-electron chi connectivity index (χ2n) is 3.12. The molecule has 0 radical (unpaired) electrons. The molecule has 2 aromatic heterocycles. The standard InChI is InChI=1S/C11H8ClNOS/c1-7-2-3-8(6-13-7)10(14)11-9(12)4-5-15-11/h2-6H,1H3. The SMILES string of the molecule is Cc1ccc(C(=O)c2sccc2Cl)cn1. The van der Waals surface area contributed by atoms with Crippen LogP contribution in [-0.2, 0) is 0 Å². The zero-order valence-electron chi connectivity index (χ0n) is 8.03. The zero-order valence-corrected chi connectivity index (χ0v) is 9.60. The van der Waals surface area contributed by atoms with Crippen molar-refractivity contribution < 1.29 is 4.79 Å². The van der Waals surface area contributed by atoms with Crippen LogP contribution in [0.5, 0.6) is 0 Å². The van der Waals surface area contributed by atoms with Crippen molar-refractivity contribution >= 4 is 28.7 Å². The van der Waals surface area contributed by atoms with Gasteiger partial charge in [0.05, 0.1) is 9.90 Å². The summed E-state index contributed by atoms with van der Waals surface area (Å²) >= 11 is 7.23. The molecule has 0 aliphatic heterocycles. The maximum Gasteiger partial charge on any atom is 0.206 e. The Hall–Kier alpha value is -1.19. The molecule has 0 saturated heterocycles. The highest BCUT2D eigenvalue weighted by Crippen LogP contribution is 2.24. The van der Waals surface area contributed by atoms with Crippen LogP contribution in [0.1, 0.15) is 20.9 Å². The van der Waals surface area contributed by atoms with E-state index in [0.29, 0.717) is 15.5 Å². The van der Waals surface area contributed by atoms with E-state index in [1.807, 2.05) is 13.0 Å². The molecule has 2 aromatic rings. The van der Waals surface area contributed by atoms with E-state index in [9.17, 15) is 4.79 Å². The number of aromatic nitrogens is 1. The number of rotatable bonds is 2. The van der Waals surface area contributed by atoms with E-state index in [-0.39, 0.29) is 5.78 Å². The Morgan fingerprint density at radius 1 is 1.40 bits per heavy atom. The Morgan fingerprint density at radius 3 is 2.73 bits per heavy atom. The largest absolute Gasteiger partial charge is 0.288 e. The molecule has 2 rings (SSSR count). The summed E-state index contributed by atoms with van der Waals surface area (Å²) in [7, 11) is 0. The molecule has 4 heteroatoms. The van der Waals surface area contributed by atoms with Crippen LogP contribution in [-0.4, -0.2) is 10.8 Å². The van der Waals surface area contributed by atoms with Gasteiger partial charge in [0, 0.05) is 17.5 Å². The van der Waals surface area contributed by atoms with Gasteiger partial charge in [-0.3, -0.25) is 9.78 Å². The minimum Gasteiger partial charge on any atom is -0.288 e. The molecule has 0 fully saturated rings. The van der Waals surface area contributed by atoms with Crippen LogP contribution in [0, 0.1) is 6.92 Å². The van der Waals surface area contributed by atoms with E-state index in [2.05, 4.69) is 4.98 Å². The Bertz CT molecular complexity index is 490. The highest BCUT2D eigenvalue weighted by atomic mass is 35.5. The summed E-state index contributed by atoms with van der Waals surface area (Å²) in [5.41, 5.74) is 1.47. The van der Waals surface area contributed by atoms with Gasteiger partial charge in [0.2, 0.25) is 5.78 Å². The zero-order chi connectivity index (χ0) is 10.8. The summed E-state index contributed by atoms with van der Waals surface area (Å²) in [6.45, 7) is 1.88. The van der Waals surface area contributed by atoms with Crippen LogP contribution in [0.3, 0.4) is 0 Å². The number of hydrogen-bond acceptors (Lipinski definition) is 3. The summed E-state index contributed by atoms with van der Waals surface area (Å²) in [5, 5.41) is 2.31. The third-order valence-electron chi connectivity index (χ3n) is 2.00. The van der Waals surface area contributed by atoms with E-state index >= 15 is 0 Å². The monoisotopic (exact) mass is 237 g/mol. The second kappa shape index (κ2) is 4.13. The predicted octanol–water partition coefficient (Wildman–Crippen LogP) is 3.34. The van der Waals surface area contributed by atoms with Crippen LogP contribution < -0.4 is 0 Å². The topological polar surface area (TPSA) is 30.0 Å². The van der Waals surface area contributed by atoms with Crippen molar-refractivity contribution in [2.45, 2.75) is 6.92 Å². The number of hydrogen-bond donors (Lipinski definition) is 0. The minimum atomic E-state index is -0.0671. The molecule has 2 nitrogen and oxygen atoms in total. The van der Waals surface area contributed by atoms with Gasteiger partial charge < -0.3 is 0 Å². The number of carbonyl (C=O) groups excluding carboxylic acids is 1. The fourth-order valence-electron chi connectivity index (χ4n) is 1.19. The lowest BCUT2D eigenvalue weighted by Crippen LogP contribution is -2.00. The van der Waals surface area contributed by atoms with Gasteiger partial charge in [-0.25, -0.2) is 0 Å². The highest BCUT2D eigenvalue weighted by molar-refractivity contribution is 7.13. The molecular weight excluding hydrogens is 230 g/mol. The van der Waals surface area contributed by atoms with E-state index in [1.165, 1.54) is 11.3 Å². The van der Waals surface area contributed by atoms with E-state index in [0.717, 1.165) is 5.69 Å². The molecule has 0 unspecified atom stereocenters. The third kappa shape index (κ3) is 2.08. The van der Waals surface area contributed by atoms with Gasteiger partial charge >= 0.3 is 0 Å². The van der Waals surface area contributed by atoms with Crippen LogP contribution in [0.15, 0.2) is 29.8 Å². The van der Waals surface area contributed by atoms with Gasteiger partial charge in [0.25, 0.3) is 0 Å². The van der Waals surface area contributed by atoms with Crippen LogP contribution in [0.2, 0.25) is 5.02 Å². The van der Waals surface area contributed by atoms with Crippen molar-refractivity contribution in [3.63, 3.8) is 0 Å². The van der Waals surface area contributed by atoms with Gasteiger partial charge in [-0.1, -0.05) is 11.6 Å². The van der Waals surface area contributed by atoms with Crippen molar-refractivity contribution in [1.29, 1.82) is 0 Å². The molecular formula is C11H8ClNOS. The molecule has 0 saturated carbocycles. The summed E-state index contributed by atoms with van der Waals surface area (Å²) in [6.07, 6.45) is 1.58. The number of nitrogens with zero attached hydrogens (tertiary/aromatic N) is 1. The molecule has 0 amide bonds. The smallest absolute Gasteiger partial charge is 0.206 e. The number of carbonyl (C=O) groups is 1. The highest BCUT2D eigenvalue weighted by Gasteiger charge is 2.14. The number of halogens is 1. The van der Waals surface area contributed by atoms with Crippen LogP contribution in [0.25, 0.3) is 0 Å². The third-order valence-corrected chi connectivity index (χ3v) is 3.34. The summed E-state index contributed by atoms with van der Waals surface area (Å²) in [6, 6.07) is 5.30. The first kappa shape index (κ1) is 10.3. The number of thiophene rings is 1. The molecule has 0 spiro atoms. The molecule has 0 N–H and O–H groups in total. The Kier molecular flexibility index (Phi) is 2.84. The molecule has 0 aromatic carbocycles. The van der Waals surface area contributed by atoms with Gasteiger partial charge in [-0.2, -0.15) is 0 Å². The Morgan fingerprint density at radius 2 is 2.20 bits per heavy atom. The Labute approximate surface area is 96.5 Å². The van der Waals surface area contributed by atoms with Gasteiger partial charge in [-0.05, 0) is 30.5 Å². The molecule has 2 heterocycles. The molecule has 0 atom stereocenters. The molecule has 15 heavy (non-hydrogen) atoms. The summed E-state index contributed by atoms with van der Waals surface area (Å²) in [4.78, 5) is 16.6. The van der Waals surface area contributed by atoms with Crippen molar-refractivity contribution in [2.75, 3.05) is 0 Å². The molecule has 0 aliphatic rings. The molecule has 76 valence electrons. The molecule has 0 aliphatic carbocycles. The van der Waals surface area contributed by atoms with Crippen molar-refractivity contribution in [3.8, 4) is 0 Å². The van der Waals surface area contributed by atoms with Crippen molar-refractivity contribution in [1.82, 2.24) is 4.98 Å². The van der Waals surface area contributed by atoms with Crippen molar-refractivity contribution in [3.05, 3.63) is 50.9 Å². The van der Waals surface area contributed by atoms with Crippen molar-refractivity contribution in [2.24, 2.45) is 0 Å².